The molecule has 3 rings (SSSR count). The number of Topliss-reactive ketones (excluding diaryl/α,β-unsaturated/α-hetero) is 1. The number of piperidine rings is 1. The van der Waals surface area contributed by atoms with Crippen LogP contribution in [0.25, 0.3) is 0 Å². The number of aromatic nitrogens is 2. The number of ketones is 1. The van der Waals surface area contributed by atoms with E-state index in [2.05, 4.69) is 15.5 Å². The van der Waals surface area contributed by atoms with Crippen molar-refractivity contribution in [1.82, 2.24) is 14.5 Å². The van der Waals surface area contributed by atoms with Crippen LogP contribution in [0.2, 0.25) is 0 Å². The second kappa shape index (κ2) is 8.46. The molecule has 8 nitrogen and oxygen atoms in total. The van der Waals surface area contributed by atoms with E-state index >= 15 is 0 Å². The molecule has 1 saturated heterocycles. The third-order valence-corrected chi connectivity index (χ3v) is 7.58. The van der Waals surface area contributed by atoms with Crippen molar-refractivity contribution in [3.63, 3.8) is 0 Å². The summed E-state index contributed by atoms with van der Waals surface area (Å²) in [5, 5.41) is 12.0. The zero-order valence-corrected chi connectivity index (χ0v) is 17.3. The number of aryl methyl sites for hydroxylation is 1. The molecule has 0 saturated carbocycles. The number of amides is 1. The van der Waals surface area contributed by atoms with Gasteiger partial charge in [0.2, 0.25) is 21.1 Å². The lowest BCUT2D eigenvalue weighted by atomic mass is 9.97. The lowest BCUT2D eigenvalue weighted by molar-refractivity contribution is -0.120. The van der Waals surface area contributed by atoms with Crippen molar-refractivity contribution in [3.05, 3.63) is 34.8 Å². The second-order valence-electron chi connectivity index (χ2n) is 6.61. The number of anilines is 1. The molecule has 1 amide bonds. The highest BCUT2D eigenvalue weighted by Crippen LogP contribution is 2.26. The van der Waals surface area contributed by atoms with Gasteiger partial charge < -0.3 is 5.32 Å². The van der Waals surface area contributed by atoms with E-state index in [4.69, 9.17) is 0 Å². The van der Waals surface area contributed by atoms with Gasteiger partial charge in [-0.1, -0.05) is 30.4 Å². The fraction of sp³-hybridized carbons (Fsp3) is 0.444. The molecule has 0 bridgehead atoms. The molecule has 10 heteroatoms. The van der Waals surface area contributed by atoms with Crippen LogP contribution in [0.3, 0.4) is 0 Å². The molecule has 2 heterocycles. The van der Waals surface area contributed by atoms with Crippen LogP contribution >= 0.6 is 11.3 Å². The van der Waals surface area contributed by atoms with Gasteiger partial charge in [0, 0.05) is 24.6 Å². The molecule has 1 aliphatic rings. The van der Waals surface area contributed by atoms with E-state index in [0.717, 1.165) is 11.4 Å². The van der Waals surface area contributed by atoms with Crippen molar-refractivity contribution in [2.75, 3.05) is 18.4 Å². The van der Waals surface area contributed by atoms with Gasteiger partial charge in [0.15, 0.2) is 5.78 Å². The monoisotopic (exact) mass is 422 g/mol. The number of hydrogen-bond acceptors (Lipinski definition) is 7. The van der Waals surface area contributed by atoms with Gasteiger partial charge in [-0.2, -0.15) is 4.31 Å². The normalized spacial score (nSPS) is 16.1. The van der Waals surface area contributed by atoms with Gasteiger partial charge >= 0.3 is 0 Å². The van der Waals surface area contributed by atoms with Crippen LogP contribution in [-0.4, -0.2) is 47.7 Å². The van der Waals surface area contributed by atoms with Crippen LogP contribution in [0.15, 0.2) is 29.2 Å². The summed E-state index contributed by atoms with van der Waals surface area (Å²) in [5.41, 5.74) is 0.360. The number of carbonyl (C=O) groups is 2. The highest BCUT2D eigenvalue weighted by molar-refractivity contribution is 7.89. The molecule has 1 fully saturated rings. The van der Waals surface area contributed by atoms with E-state index in [1.54, 1.807) is 12.1 Å². The Balaban J connectivity index is 1.63. The molecule has 150 valence electrons. The standard InChI is InChI=1S/C18H22N4O4S2/c1-3-16-20-21-18(27-16)19-17(24)13-7-9-22(10-8-13)28(25,26)15-6-4-5-14(11-15)12(2)23/h4-6,11,13H,3,7-10H2,1-2H3,(H,19,21,24). The molecule has 0 aliphatic carbocycles. The first-order chi connectivity index (χ1) is 13.3. The molecule has 2 aromatic rings. The summed E-state index contributed by atoms with van der Waals surface area (Å²) in [7, 11) is -3.70. The molecule has 1 N–H and O–H groups in total. The van der Waals surface area contributed by atoms with Crippen LogP contribution in [0.4, 0.5) is 5.13 Å². The van der Waals surface area contributed by atoms with Crippen molar-refractivity contribution in [3.8, 4) is 0 Å². The zero-order chi connectivity index (χ0) is 20.3. The van der Waals surface area contributed by atoms with E-state index in [0.29, 0.717) is 23.5 Å². The summed E-state index contributed by atoms with van der Waals surface area (Å²) in [4.78, 5) is 24.1. The first-order valence-electron chi connectivity index (χ1n) is 9.05. The van der Waals surface area contributed by atoms with Crippen LogP contribution < -0.4 is 5.32 Å². The van der Waals surface area contributed by atoms with E-state index in [1.807, 2.05) is 6.92 Å². The number of hydrogen-bond donors (Lipinski definition) is 1. The third kappa shape index (κ3) is 4.45. The number of sulfonamides is 1. The molecule has 1 aromatic carbocycles. The highest BCUT2D eigenvalue weighted by Gasteiger charge is 2.32. The highest BCUT2D eigenvalue weighted by atomic mass is 32.2. The summed E-state index contributed by atoms with van der Waals surface area (Å²) in [5.74, 6) is -0.617. The number of benzene rings is 1. The number of rotatable bonds is 6. The molecule has 28 heavy (non-hydrogen) atoms. The third-order valence-electron chi connectivity index (χ3n) is 4.70. The fourth-order valence-electron chi connectivity index (χ4n) is 3.04. The lowest BCUT2D eigenvalue weighted by Gasteiger charge is -2.30. The minimum atomic E-state index is -3.70. The average molecular weight is 423 g/mol. The second-order valence-corrected chi connectivity index (χ2v) is 9.61. The van der Waals surface area contributed by atoms with Crippen LogP contribution in [-0.2, 0) is 21.2 Å². The first-order valence-corrected chi connectivity index (χ1v) is 11.3. The lowest BCUT2D eigenvalue weighted by Crippen LogP contribution is -2.41. The molecular weight excluding hydrogens is 400 g/mol. The number of nitrogens with zero attached hydrogens (tertiary/aromatic N) is 3. The van der Waals surface area contributed by atoms with E-state index < -0.39 is 10.0 Å². The molecule has 1 aliphatic heterocycles. The Labute approximate surface area is 168 Å². The van der Waals surface area contributed by atoms with Crippen LogP contribution in [0.5, 0.6) is 0 Å². The Morgan fingerprint density at radius 3 is 2.57 bits per heavy atom. The summed E-state index contributed by atoms with van der Waals surface area (Å²) in [6.45, 7) is 3.87. The van der Waals surface area contributed by atoms with Gasteiger partial charge in [0.25, 0.3) is 0 Å². The summed E-state index contributed by atoms with van der Waals surface area (Å²) >= 11 is 1.34. The molecule has 0 unspecified atom stereocenters. The Morgan fingerprint density at radius 1 is 1.25 bits per heavy atom. The maximum Gasteiger partial charge on any atom is 0.243 e. The Morgan fingerprint density at radius 2 is 1.96 bits per heavy atom. The van der Waals surface area contributed by atoms with E-state index in [-0.39, 0.29) is 35.6 Å². The van der Waals surface area contributed by atoms with Gasteiger partial charge in [-0.25, -0.2) is 8.42 Å². The average Bonchev–Trinajstić information content (AvgIpc) is 3.15. The van der Waals surface area contributed by atoms with Gasteiger partial charge in [0.1, 0.15) is 5.01 Å². The number of nitrogens with one attached hydrogen (secondary N) is 1. The van der Waals surface area contributed by atoms with Crippen molar-refractivity contribution in [2.24, 2.45) is 5.92 Å². The van der Waals surface area contributed by atoms with Crippen molar-refractivity contribution in [2.45, 2.75) is 38.0 Å². The van der Waals surface area contributed by atoms with Crippen molar-refractivity contribution >= 4 is 38.2 Å². The van der Waals surface area contributed by atoms with Crippen molar-refractivity contribution < 1.29 is 18.0 Å². The van der Waals surface area contributed by atoms with Gasteiger partial charge in [0.05, 0.1) is 4.90 Å². The quantitative estimate of drug-likeness (QED) is 0.716. The fourth-order valence-corrected chi connectivity index (χ4v) is 5.24. The first kappa shape index (κ1) is 20.6. The maximum absolute atomic E-state index is 12.9. The molecule has 1 aromatic heterocycles. The minimum absolute atomic E-state index is 0.101. The van der Waals surface area contributed by atoms with Gasteiger partial charge in [-0.05, 0) is 38.3 Å². The SMILES string of the molecule is CCc1nnc(NC(=O)C2CCN(S(=O)(=O)c3cccc(C(C)=O)c3)CC2)s1. The Bertz CT molecular complexity index is 979. The van der Waals surface area contributed by atoms with E-state index in [1.165, 1.54) is 34.7 Å². The predicted octanol–water partition coefficient (Wildman–Crippen LogP) is 2.34. The summed E-state index contributed by atoms with van der Waals surface area (Å²) in [6, 6.07) is 6.05. The Kier molecular flexibility index (Phi) is 6.21. The topological polar surface area (TPSA) is 109 Å². The maximum atomic E-state index is 12.9. The van der Waals surface area contributed by atoms with Crippen LogP contribution in [0.1, 0.15) is 42.1 Å². The molecule has 0 spiro atoms. The van der Waals surface area contributed by atoms with E-state index in [9.17, 15) is 18.0 Å². The van der Waals surface area contributed by atoms with Crippen LogP contribution in [0, 0.1) is 5.92 Å². The minimum Gasteiger partial charge on any atom is -0.300 e. The van der Waals surface area contributed by atoms with Crippen molar-refractivity contribution in [1.29, 1.82) is 0 Å². The Hall–Kier alpha value is -2.17. The summed E-state index contributed by atoms with van der Waals surface area (Å²) < 4.78 is 27.1. The molecule has 0 radical (unpaired) electrons. The number of carbonyl (C=O) groups excluding carboxylic acids is 2. The predicted molar refractivity (Wildman–Crippen MR) is 106 cm³/mol. The smallest absolute Gasteiger partial charge is 0.243 e. The van der Waals surface area contributed by atoms with Gasteiger partial charge in [-0.15, -0.1) is 10.2 Å². The van der Waals surface area contributed by atoms with Gasteiger partial charge in [-0.3, -0.25) is 9.59 Å². The largest absolute Gasteiger partial charge is 0.300 e. The summed E-state index contributed by atoms with van der Waals surface area (Å²) in [6.07, 6.45) is 1.61. The molecule has 0 atom stereocenters. The zero-order valence-electron chi connectivity index (χ0n) is 15.7. The molecular formula is C18H22N4O4S2.